The molecule has 0 spiro atoms. The van der Waals surface area contributed by atoms with Gasteiger partial charge in [0.2, 0.25) is 0 Å². The maximum Gasteiger partial charge on any atom is 0.307 e. The quantitative estimate of drug-likeness (QED) is 0.691. The maximum absolute atomic E-state index is 12.6. The van der Waals surface area contributed by atoms with Crippen LogP contribution in [0.2, 0.25) is 0 Å². The lowest BCUT2D eigenvalue weighted by Crippen LogP contribution is -2.35. The van der Waals surface area contributed by atoms with Crippen molar-refractivity contribution in [1.82, 2.24) is 4.90 Å². The van der Waals surface area contributed by atoms with E-state index in [-0.39, 0.29) is 18.3 Å². The van der Waals surface area contributed by atoms with Crippen molar-refractivity contribution in [3.05, 3.63) is 21.4 Å². The molecule has 118 valence electrons. The van der Waals surface area contributed by atoms with Gasteiger partial charge in [-0.05, 0) is 25.0 Å². The first-order valence-electron chi connectivity index (χ1n) is 6.97. The second kappa shape index (κ2) is 8.79. The summed E-state index contributed by atoms with van der Waals surface area (Å²) in [6.45, 7) is 5.34. The molecule has 0 bridgehead atoms. The number of hydrogen-bond donors (Lipinski definition) is 0. The molecule has 0 aliphatic rings. The Labute approximate surface area is 129 Å². The molecular weight excluding hydrogens is 290 g/mol. The Morgan fingerprint density at radius 1 is 1.29 bits per heavy atom. The van der Waals surface area contributed by atoms with Crippen LogP contribution in [0.4, 0.5) is 0 Å². The third-order valence-electron chi connectivity index (χ3n) is 3.22. The molecule has 6 heteroatoms. The van der Waals surface area contributed by atoms with Crippen molar-refractivity contribution in [2.45, 2.75) is 26.7 Å². The number of amides is 1. The molecule has 1 aromatic heterocycles. The number of esters is 1. The summed E-state index contributed by atoms with van der Waals surface area (Å²) in [5, 5.41) is 0. The molecular formula is C15H23NO4S. The molecule has 0 N–H and O–H groups in total. The Bertz CT molecular complexity index is 484. The van der Waals surface area contributed by atoms with Gasteiger partial charge in [0.15, 0.2) is 0 Å². The van der Waals surface area contributed by atoms with E-state index < -0.39 is 0 Å². The van der Waals surface area contributed by atoms with Crippen LogP contribution in [-0.4, -0.2) is 50.7 Å². The summed E-state index contributed by atoms with van der Waals surface area (Å²) in [7, 11) is 2.94. The standard InChI is InChI=1S/C15H23NO4S/c1-5-12-11(2)10-13(21-12)15(18)16(8-9-19-3)7-6-14(17)20-4/h10H,5-9H2,1-4H3. The first-order valence-corrected chi connectivity index (χ1v) is 7.79. The summed E-state index contributed by atoms with van der Waals surface area (Å²) in [6, 6.07) is 1.92. The van der Waals surface area contributed by atoms with Crippen molar-refractivity contribution in [2.24, 2.45) is 0 Å². The Morgan fingerprint density at radius 2 is 2.00 bits per heavy atom. The van der Waals surface area contributed by atoms with Crippen LogP contribution in [0.1, 0.15) is 33.5 Å². The van der Waals surface area contributed by atoms with E-state index in [2.05, 4.69) is 11.7 Å². The zero-order chi connectivity index (χ0) is 15.8. The van der Waals surface area contributed by atoms with Gasteiger partial charge in [-0.15, -0.1) is 11.3 Å². The van der Waals surface area contributed by atoms with Crippen LogP contribution in [-0.2, 0) is 20.7 Å². The molecule has 0 aliphatic carbocycles. The normalized spacial score (nSPS) is 10.5. The highest BCUT2D eigenvalue weighted by atomic mass is 32.1. The summed E-state index contributed by atoms with van der Waals surface area (Å²) < 4.78 is 9.66. The summed E-state index contributed by atoms with van der Waals surface area (Å²) in [5.74, 6) is -0.370. The molecule has 0 atom stereocenters. The van der Waals surface area contributed by atoms with E-state index in [9.17, 15) is 9.59 Å². The van der Waals surface area contributed by atoms with Gasteiger partial charge in [-0.2, -0.15) is 0 Å². The molecule has 5 nitrogen and oxygen atoms in total. The molecule has 0 aromatic carbocycles. The number of ether oxygens (including phenoxy) is 2. The molecule has 1 aromatic rings. The first kappa shape index (κ1) is 17.7. The highest BCUT2D eigenvalue weighted by Gasteiger charge is 2.19. The Balaban J connectivity index is 2.79. The van der Waals surface area contributed by atoms with Gasteiger partial charge in [0.1, 0.15) is 0 Å². The highest BCUT2D eigenvalue weighted by Crippen LogP contribution is 2.23. The lowest BCUT2D eigenvalue weighted by Gasteiger charge is -2.21. The number of hydrogen-bond acceptors (Lipinski definition) is 5. The van der Waals surface area contributed by atoms with E-state index in [1.54, 1.807) is 12.0 Å². The molecule has 0 radical (unpaired) electrons. The summed E-state index contributed by atoms with van der Waals surface area (Å²) >= 11 is 1.52. The topological polar surface area (TPSA) is 55.8 Å². The van der Waals surface area contributed by atoms with E-state index in [4.69, 9.17) is 4.74 Å². The fourth-order valence-electron chi connectivity index (χ4n) is 1.98. The first-order chi connectivity index (χ1) is 10.0. The third-order valence-corrected chi connectivity index (χ3v) is 4.59. The van der Waals surface area contributed by atoms with Crippen LogP contribution in [0.15, 0.2) is 6.07 Å². The third kappa shape index (κ3) is 5.13. The summed E-state index contributed by atoms with van der Waals surface area (Å²) in [6.07, 6.45) is 1.11. The fraction of sp³-hybridized carbons (Fsp3) is 0.600. The summed E-state index contributed by atoms with van der Waals surface area (Å²) in [4.78, 5) is 27.4. The van der Waals surface area contributed by atoms with Crippen LogP contribution in [0.25, 0.3) is 0 Å². The molecule has 1 amide bonds. The molecule has 1 heterocycles. The molecule has 0 saturated carbocycles. The fourth-order valence-corrected chi connectivity index (χ4v) is 3.06. The predicted octanol–water partition coefficient (Wildman–Crippen LogP) is 2.27. The maximum atomic E-state index is 12.6. The predicted molar refractivity (Wildman–Crippen MR) is 82.8 cm³/mol. The second-order valence-electron chi connectivity index (χ2n) is 4.68. The SMILES string of the molecule is CCc1sc(C(=O)N(CCOC)CCC(=O)OC)cc1C. The van der Waals surface area contributed by atoms with Gasteiger partial charge in [-0.25, -0.2) is 0 Å². The monoisotopic (exact) mass is 313 g/mol. The Hall–Kier alpha value is -1.40. The van der Waals surface area contributed by atoms with Crippen molar-refractivity contribution in [3.8, 4) is 0 Å². The number of aryl methyl sites for hydroxylation is 2. The lowest BCUT2D eigenvalue weighted by atomic mass is 10.2. The second-order valence-corrected chi connectivity index (χ2v) is 5.82. The van der Waals surface area contributed by atoms with E-state index in [0.717, 1.165) is 12.0 Å². The van der Waals surface area contributed by atoms with Crippen LogP contribution in [0.3, 0.4) is 0 Å². The van der Waals surface area contributed by atoms with E-state index in [1.165, 1.54) is 23.3 Å². The molecule has 0 unspecified atom stereocenters. The molecule has 1 rings (SSSR count). The van der Waals surface area contributed by atoms with Crippen molar-refractivity contribution < 1.29 is 19.1 Å². The smallest absolute Gasteiger partial charge is 0.307 e. The Kier molecular flexibility index (Phi) is 7.39. The van der Waals surface area contributed by atoms with Gasteiger partial charge in [0.25, 0.3) is 5.91 Å². The molecule has 0 saturated heterocycles. The van der Waals surface area contributed by atoms with Crippen molar-refractivity contribution >= 4 is 23.2 Å². The van der Waals surface area contributed by atoms with Gasteiger partial charge in [-0.3, -0.25) is 9.59 Å². The minimum Gasteiger partial charge on any atom is -0.469 e. The Morgan fingerprint density at radius 3 is 2.52 bits per heavy atom. The van der Waals surface area contributed by atoms with E-state index in [0.29, 0.717) is 24.6 Å². The number of methoxy groups -OCH3 is 2. The zero-order valence-electron chi connectivity index (χ0n) is 13.1. The highest BCUT2D eigenvalue weighted by molar-refractivity contribution is 7.14. The van der Waals surface area contributed by atoms with Crippen LogP contribution in [0.5, 0.6) is 0 Å². The summed E-state index contributed by atoms with van der Waals surface area (Å²) in [5.41, 5.74) is 1.14. The van der Waals surface area contributed by atoms with E-state index >= 15 is 0 Å². The molecule has 0 aliphatic heterocycles. The van der Waals surface area contributed by atoms with Gasteiger partial charge in [-0.1, -0.05) is 6.92 Å². The van der Waals surface area contributed by atoms with Gasteiger partial charge in [0.05, 0.1) is 25.0 Å². The number of thiophene rings is 1. The van der Waals surface area contributed by atoms with E-state index in [1.807, 2.05) is 13.0 Å². The number of carbonyl (C=O) groups is 2. The van der Waals surface area contributed by atoms with Gasteiger partial charge >= 0.3 is 5.97 Å². The zero-order valence-corrected chi connectivity index (χ0v) is 13.9. The average Bonchev–Trinajstić information content (AvgIpc) is 2.87. The minimum absolute atomic E-state index is 0.0521. The van der Waals surface area contributed by atoms with Crippen LogP contribution < -0.4 is 0 Å². The lowest BCUT2D eigenvalue weighted by molar-refractivity contribution is -0.140. The van der Waals surface area contributed by atoms with Gasteiger partial charge < -0.3 is 14.4 Å². The van der Waals surface area contributed by atoms with Crippen molar-refractivity contribution in [1.29, 1.82) is 0 Å². The van der Waals surface area contributed by atoms with Crippen molar-refractivity contribution in [2.75, 3.05) is 33.9 Å². The minimum atomic E-state index is -0.318. The van der Waals surface area contributed by atoms with Crippen molar-refractivity contribution in [3.63, 3.8) is 0 Å². The molecule has 0 fully saturated rings. The van der Waals surface area contributed by atoms with Gasteiger partial charge in [0, 0.05) is 25.1 Å². The number of rotatable bonds is 8. The molecule has 21 heavy (non-hydrogen) atoms. The number of nitrogens with zero attached hydrogens (tertiary/aromatic N) is 1. The number of carbonyl (C=O) groups excluding carboxylic acids is 2. The van der Waals surface area contributed by atoms with Crippen LogP contribution in [0, 0.1) is 6.92 Å². The van der Waals surface area contributed by atoms with Crippen LogP contribution >= 0.6 is 11.3 Å². The largest absolute Gasteiger partial charge is 0.469 e. The average molecular weight is 313 g/mol.